The molecule has 5 nitrogen and oxygen atoms in total. The van der Waals surface area contributed by atoms with Crippen molar-refractivity contribution in [1.82, 2.24) is 0 Å². The van der Waals surface area contributed by atoms with Crippen molar-refractivity contribution in [2.75, 3.05) is 6.61 Å². The van der Waals surface area contributed by atoms with Crippen LogP contribution in [0, 0.1) is 5.92 Å². The number of carbonyl (C=O) groups is 1. The highest BCUT2D eigenvalue weighted by Gasteiger charge is 2.47. The topological polar surface area (TPSA) is 65.0 Å². The van der Waals surface area contributed by atoms with Gasteiger partial charge in [-0.3, -0.25) is 4.79 Å². The van der Waals surface area contributed by atoms with E-state index in [9.17, 15) is 9.90 Å². The van der Waals surface area contributed by atoms with Crippen LogP contribution in [0.1, 0.15) is 18.1 Å². The summed E-state index contributed by atoms with van der Waals surface area (Å²) < 4.78 is 16.6. The second kappa shape index (κ2) is 9.05. The fourth-order valence-corrected chi connectivity index (χ4v) is 2.89. The second-order valence-corrected chi connectivity index (χ2v) is 6.49. The average molecular weight is 356 g/mol. The zero-order chi connectivity index (χ0) is 18.4. The summed E-state index contributed by atoms with van der Waals surface area (Å²) in [5.41, 5.74) is 2.03. The minimum atomic E-state index is -0.996. The van der Waals surface area contributed by atoms with Gasteiger partial charge in [0, 0.05) is 5.92 Å². The molecule has 0 aromatic heterocycles. The standard InChI is InChI=1S/C21H24O5/c1-15(18(22)14-24-12-16-8-4-2-5-9-16)19-20(21(23)26-19)25-13-17-10-6-3-7-11-17/h2-11,15,19-21,23H,12-14H2,1H3/t15?,19-,20+,21+/m0/s1. The lowest BCUT2D eigenvalue weighted by Crippen LogP contribution is -2.59. The SMILES string of the molecule is CC(C(=O)COCc1ccccc1)[C@@H]1O[C@@H](O)[C@@H]1OCc1ccccc1. The first kappa shape index (κ1) is 18.7. The maximum atomic E-state index is 12.4. The Morgan fingerprint density at radius 2 is 1.62 bits per heavy atom. The number of benzene rings is 2. The molecule has 26 heavy (non-hydrogen) atoms. The normalized spacial score (nSPS) is 23.2. The lowest BCUT2D eigenvalue weighted by molar-refractivity contribution is -0.329. The highest BCUT2D eigenvalue weighted by Crippen LogP contribution is 2.30. The lowest BCUT2D eigenvalue weighted by Gasteiger charge is -2.43. The van der Waals surface area contributed by atoms with Crippen LogP contribution in [0.25, 0.3) is 0 Å². The van der Waals surface area contributed by atoms with Crippen LogP contribution < -0.4 is 0 Å². The third-order valence-electron chi connectivity index (χ3n) is 4.54. The van der Waals surface area contributed by atoms with Crippen LogP contribution in [0.5, 0.6) is 0 Å². The Labute approximate surface area is 153 Å². The zero-order valence-electron chi connectivity index (χ0n) is 14.8. The van der Waals surface area contributed by atoms with Gasteiger partial charge in [0.15, 0.2) is 12.1 Å². The van der Waals surface area contributed by atoms with E-state index >= 15 is 0 Å². The van der Waals surface area contributed by atoms with Crippen molar-refractivity contribution < 1.29 is 24.1 Å². The van der Waals surface area contributed by atoms with Gasteiger partial charge >= 0.3 is 0 Å². The summed E-state index contributed by atoms with van der Waals surface area (Å²) >= 11 is 0. The van der Waals surface area contributed by atoms with Crippen LogP contribution in [0.2, 0.25) is 0 Å². The molecule has 1 fully saturated rings. The van der Waals surface area contributed by atoms with E-state index in [1.807, 2.05) is 60.7 Å². The average Bonchev–Trinajstić information content (AvgIpc) is 2.67. The monoisotopic (exact) mass is 356 g/mol. The summed E-state index contributed by atoms with van der Waals surface area (Å²) in [7, 11) is 0. The summed E-state index contributed by atoms with van der Waals surface area (Å²) in [6.07, 6.45) is -1.96. The first-order valence-electron chi connectivity index (χ1n) is 8.78. The predicted octanol–water partition coefficient (Wildman–Crippen LogP) is 2.71. The van der Waals surface area contributed by atoms with E-state index in [0.717, 1.165) is 11.1 Å². The van der Waals surface area contributed by atoms with Crippen LogP contribution in [0.15, 0.2) is 60.7 Å². The van der Waals surface area contributed by atoms with Gasteiger partial charge in [0.05, 0.1) is 13.2 Å². The number of hydrogen-bond acceptors (Lipinski definition) is 5. The first-order valence-corrected chi connectivity index (χ1v) is 8.78. The van der Waals surface area contributed by atoms with Crippen molar-refractivity contribution in [2.24, 2.45) is 5.92 Å². The Bertz CT molecular complexity index is 688. The number of Topliss-reactive ketones (excluding diaryl/α,β-unsaturated/α-hetero) is 1. The summed E-state index contributed by atoms with van der Waals surface area (Å²) in [6, 6.07) is 19.4. The number of ketones is 1. The Hall–Kier alpha value is -2.05. The van der Waals surface area contributed by atoms with Gasteiger partial charge in [0.2, 0.25) is 0 Å². The third-order valence-corrected chi connectivity index (χ3v) is 4.54. The minimum Gasteiger partial charge on any atom is -0.369 e. The molecule has 3 rings (SSSR count). The quantitative estimate of drug-likeness (QED) is 0.748. The van der Waals surface area contributed by atoms with Crippen LogP contribution >= 0.6 is 0 Å². The first-order chi connectivity index (χ1) is 12.6. The molecule has 1 N–H and O–H groups in total. The van der Waals surface area contributed by atoms with Gasteiger partial charge in [0.1, 0.15) is 18.8 Å². The van der Waals surface area contributed by atoms with E-state index in [2.05, 4.69) is 0 Å². The molecule has 1 heterocycles. The summed E-state index contributed by atoms with van der Waals surface area (Å²) in [6.45, 7) is 2.55. The highest BCUT2D eigenvalue weighted by atomic mass is 16.7. The number of aliphatic hydroxyl groups is 1. The molecular weight excluding hydrogens is 332 g/mol. The van der Waals surface area contributed by atoms with Crippen molar-refractivity contribution >= 4 is 5.78 Å². The molecule has 5 heteroatoms. The number of aliphatic hydroxyl groups excluding tert-OH is 1. The zero-order valence-corrected chi connectivity index (χ0v) is 14.8. The minimum absolute atomic E-state index is 0.0113. The molecule has 0 bridgehead atoms. The molecule has 4 atom stereocenters. The van der Waals surface area contributed by atoms with Crippen molar-refractivity contribution in [3.05, 3.63) is 71.8 Å². The van der Waals surface area contributed by atoms with Gasteiger partial charge in [-0.15, -0.1) is 0 Å². The van der Waals surface area contributed by atoms with Gasteiger partial charge in [-0.05, 0) is 11.1 Å². The number of hydrogen-bond donors (Lipinski definition) is 1. The molecule has 1 aliphatic heterocycles. The molecular formula is C21H24O5. The van der Waals surface area contributed by atoms with Gasteiger partial charge < -0.3 is 19.3 Å². The smallest absolute Gasteiger partial charge is 0.184 e. The van der Waals surface area contributed by atoms with Crippen LogP contribution in [0.4, 0.5) is 0 Å². The Morgan fingerprint density at radius 3 is 2.19 bits per heavy atom. The predicted molar refractivity (Wildman–Crippen MR) is 96.2 cm³/mol. The third kappa shape index (κ3) is 4.77. The van der Waals surface area contributed by atoms with Gasteiger partial charge in [-0.25, -0.2) is 0 Å². The maximum Gasteiger partial charge on any atom is 0.184 e. The van der Waals surface area contributed by atoms with E-state index in [-0.39, 0.29) is 12.4 Å². The van der Waals surface area contributed by atoms with Crippen molar-refractivity contribution in [1.29, 1.82) is 0 Å². The van der Waals surface area contributed by atoms with Gasteiger partial charge in [-0.2, -0.15) is 0 Å². The molecule has 2 aromatic carbocycles. The van der Waals surface area contributed by atoms with Gasteiger partial charge in [0.25, 0.3) is 0 Å². The van der Waals surface area contributed by atoms with Crippen molar-refractivity contribution in [3.8, 4) is 0 Å². The molecule has 0 amide bonds. The molecule has 0 saturated carbocycles. The highest BCUT2D eigenvalue weighted by molar-refractivity contribution is 5.82. The molecule has 0 spiro atoms. The van der Waals surface area contributed by atoms with Crippen molar-refractivity contribution in [3.63, 3.8) is 0 Å². The van der Waals surface area contributed by atoms with E-state index in [0.29, 0.717) is 13.2 Å². The molecule has 1 aliphatic rings. The largest absolute Gasteiger partial charge is 0.369 e. The Balaban J connectivity index is 1.45. The summed E-state index contributed by atoms with van der Waals surface area (Å²) in [5, 5.41) is 9.82. The molecule has 1 unspecified atom stereocenters. The molecule has 0 radical (unpaired) electrons. The Morgan fingerprint density at radius 1 is 1.04 bits per heavy atom. The van der Waals surface area contributed by atoms with E-state index in [1.54, 1.807) is 6.92 Å². The maximum absolute atomic E-state index is 12.4. The lowest BCUT2D eigenvalue weighted by atomic mass is 9.91. The molecule has 1 saturated heterocycles. The van der Waals surface area contributed by atoms with E-state index in [1.165, 1.54) is 0 Å². The van der Waals surface area contributed by atoms with E-state index in [4.69, 9.17) is 14.2 Å². The summed E-state index contributed by atoms with van der Waals surface area (Å²) in [4.78, 5) is 12.4. The van der Waals surface area contributed by atoms with E-state index < -0.39 is 24.4 Å². The van der Waals surface area contributed by atoms with Crippen LogP contribution in [-0.4, -0.2) is 36.0 Å². The van der Waals surface area contributed by atoms with Crippen LogP contribution in [0.3, 0.4) is 0 Å². The fourth-order valence-electron chi connectivity index (χ4n) is 2.89. The summed E-state index contributed by atoms with van der Waals surface area (Å²) in [5.74, 6) is -0.471. The molecule has 0 aliphatic carbocycles. The van der Waals surface area contributed by atoms with Crippen molar-refractivity contribution in [2.45, 2.75) is 38.6 Å². The number of carbonyl (C=O) groups excluding carboxylic acids is 1. The molecule has 138 valence electrons. The van der Waals surface area contributed by atoms with Crippen LogP contribution in [-0.2, 0) is 32.2 Å². The number of ether oxygens (including phenoxy) is 3. The Kier molecular flexibility index (Phi) is 6.52. The van der Waals surface area contributed by atoms with Gasteiger partial charge in [-0.1, -0.05) is 67.6 Å². The second-order valence-electron chi connectivity index (χ2n) is 6.49. The number of rotatable bonds is 9. The molecule has 2 aromatic rings. The fraction of sp³-hybridized carbons (Fsp3) is 0.381.